The highest BCUT2D eigenvalue weighted by molar-refractivity contribution is 9.10. The van der Waals surface area contributed by atoms with Crippen molar-refractivity contribution in [1.29, 1.82) is 0 Å². The second kappa shape index (κ2) is 8.99. The molecule has 0 aromatic heterocycles. The van der Waals surface area contributed by atoms with E-state index in [2.05, 4.69) is 15.9 Å². The fourth-order valence-corrected chi connectivity index (χ4v) is 3.38. The summed E-state index contributed by atoms with van der Waals surface area (Å²) in [6, 6.07) is 16.8. The fraction of sp³-hybridized carbons (Fsp3) is 0.333. The fourth-order valence-electron chi connectivity index (χ4n) is 3.11. The number of halogens is 1. The Morgan fingerprint density at radius 1 is 0.962 bits per heavy atom. The van der Waals surface area contributed by atoms with Gasteiger partial charge in [0.25, 0.3) is 5.91 Å². The lowest BCUT2D eigenvalue weighted by Gasteiger charge is -2.30. The van der Waals surface area contributed by atoms with Gasteiger partial charge in [0.2, 0.25) is 6.10 Å². The number of ether oxygens (including phenoxy) is 1. The molecule has 3 rings (SSSR count). The number of hydrogen-bond acceptors (Lipinski definition) is 3. The monoisotopic (exact) mass is 415 g/mol. The van der Waals surface area contributed by atoms with Gasteiger partial charge in [0, 0.05) is 23.1 Å². The molecule has 2 aromatic rings. The number of amides is 1. The van der Waals surface area contributed by atoms with Crippen LogP contribution in [0.25, 0.3) is 0 Å². The molecule has 1 amide bonds. The zero-order valence-electron chi connectivity index (χ0n) is 14.6. The van der Waals surface area contributed by atoms with Crippen molar-refractivity contribution in [1.82, 2.24) is 4.90 Å². The van der Waals surface area contributed by atoms with Gasteiger partial charge < -0.3 is 9.64 Å². The Morgan fingerprint density at radius 2 is 1.62 bits per heavy atom. The molecular weight excluding hydrogens is 394 g/mol. The lowest BCUT2D eigenvalue weighted by molar-refractivity contribution is -0.160. The number of benzene rings is 2. The minimum absolute atomic E-state index is 0.125. The normalized spacial score (nSPS) is 15.3. The van der Waals surface area contributed by atoms with Gasteiger partial charge in [-0.05, 0) is 37.0 Å². The summed E-state index contributed by atoms with van der Waals surface area (Å²) in [5.41, 5.74) is 1.57. The van der Waals surface area contributed by atoms with Crippen LogP contribution in [-0.2, 0) is 20.7 Å². The van der Waals surface area contributed by atoms with Crippen molar-refractivity contribution in [2.24, 2.45) is 0 Å². The van der Waals surface area contributed by atoms with Crippen LogP contribution in [0.5, 0.6) is 0 Å². The molecule has 4 nitrogen and oxygen atoms in total. The molecule has 136 valence electrons. The SMILES string of the molecule is O=C(Cc1ccc(Br)cc1)O[C@@H](C(=O)N1CCCCC1)c1ccccc1. The molecule has 0 spiro atoms. The van der Waals surface area contributed by atoms with Gasteiger partial charge in [0.05, 0.1) is 6.42 Å². The summed E-state index contributed by atoms with van der Waals surface area (Å²) in [5, 5.41) is 0. The van der Waals surface area contributed by atoms with Crippen LogP contribution in [0.4, 0.5) is 0 Å². The Hall–Kier alpha value is -2.14. The largest absolute Gasteiger partial charge is 0.447 e. The predicted octanol–water partition coefficient (Wildman–Crippen LogP) is 4.29. The lowest BCUT2D eigenvalue weighted by atomic mass is 10.1. The number of esters is 1. The molecule has 1 saturated heterocycles. The van der Waals surface area contributed by atoms with Crippen molar-refractivity contribution in [3.8, 4) is 0 Å². The van der Waals surface area contributed by atoms with Crippen LogP contribution in [0.1, 0.15) is 36.5 Å². The summed E-state index contributed by atoms with van der Waals surface area (Å²) in [5.74, 6) is -0.522. The Balaban J connectivity index is 1.73. The van der Waals surface area contributed by atoms with Crippen molar-refractivity contribution in [2.45, 2.75) is 31.8 Å². The summed E-state index contributed by atoms with van der Waals surface area (Å²) in [6.07, 6.45) is 2.41. The Labute approximate surface area is 162 Å². The Morgan fingerprint density at radius 3 is 2.27 bits per heavy atom. The molecule has 0 N–H and O–H groups in total. The van der Waals surface area contributed by atoms with Crippen LogP contribution in [0.15, 0.2) is 59.1 Å². The van der Waals surface area contributed by atoms with Crippen molar-refractivity contribution in [3.05, 3.63) is 70.2 Å². The quantitative estimate of drug-likeness (QED) is 0.684. The van der Waals surface area contributed by atoms with Gasteiger partial charge in [-0.25, -0.2) is 0 Å². The molecule has 2 aromatic carbocycles. The van der Waals surface area contributed by atoms with E-state index in [9.17, 15) is 9.59 Å². The average Bonchev–Trinajstić information content (AvgIpc) is 2.69. The van der Waals surface area contributed by atoms with E-state index in [4.69, 9.17) is 4.74 Å². The number of hydrogen-bond donors (Lipinski definition) is 0. The van der Waals surface area contributed by atoms with Crippen LogP contribution in [-0.4, -0.2) is 29.9 Å². The third kappa shape index (κ3) is 4.94. The van der Waals surface area contributed by atoms with Crippen molar-refractivity contribution < 1.29 is 14.3 Å². The molecule has 5 heteroatoms. The standard InChI is InChI=1S/C21H22BrNO3/c22-18-11-9-16(10-12-18)15-19(24)26-20(17-7-3-1-4-8-17)21(25)23-13-5-2-6-14-23/h1,3-4,7-12,20H,2,5-6,13-15H2/t20-/m1/s1. The van der Waals surface area contributed by atoms with E-state index < -0.39 is 12.1 Å². The number of carbonyl (C=O) groups excluding carboxylic acids is 2. The van der Waals surface area contributed by atoms with Crippen LogP contribution >= 0.6 is 15.9 Å². The lowest BCUT2D eigenvalue weighted by Crippen LogP contribution is -2.40. The van der Waals surface area contributed by atoms with Crippen LogP contribution < -0.4 is 0 Å². The molecular formula is C21H22BrNO3. The third-order valence-corrected chi connectivity index (χ3v) is 5.03. The molecule has 1 fully saturated rings. The van der Waals surface area contributed by atoms with Crippen LogP contribution in [0, 0.1) is 0 Å². The second-order valence-corrected chi connectivity index (χ2v) is 7.39. The second-order valence-electron chi connectivity index (χ2n) is 6.47. The molecule has 0 aliphatic carbocycles. The molecule has 0 bridgehead atoms. The Bertz CT molecular complexity index is 740. The smallest absolute Gasteiger partial charge is 0.311 e. The zero-order chi connectivity index (χ0) is 18.4. The van der Waals surface area contributed by atoms with Gasteiger partial charge in [-0.3, -0.25) is 9.59 Å². The molecule has 0 unspecified atom stereocenters. The van der Waals surface area contributed by atoms with E-state index in [-0.39, 0.29) is 12.3 Å². The summed E-state index contributed by atoms with van der Waals surface area (Å²) in [6.45, 7) is 1.46. The molecule has 1 heterocycles. The zero-order valence-corrected chi connectivity index (χ0v) is 16.2. The minimum Gasteiger partial charge on any atom is -0.447 e. The predicted molar refractivity (Wildman–Crippen MR) is 104 cm³/mol. The maximum Gasteiger partial charge on any atom is 0.311 e. The van der Waals surface area contributed by atoms with Crippen molar-refractivity contribution in [3.63, 3.8) is 0 Å². The maximum absolute atomic E-state index is 13.0. The Kier molecular flexibility index (Phi) is 6.45. The molecule has 0 radical (unpaired) electrons. The van der Waals surface area contributed by atoms with E-state index >= 15 is 0 Å². The first-order valence-corrected chi connectivity index (χ1v) is 9.70. The summed E-state index contributed by atoms with van der Waals surface area (Å²) < 4.78 is 6.60. The first-order chi connectivity index (χ1) is 12.6. The van der Waals surface area contributed by atoms with Crippen LogP contribution in [0.2, 0.25) is 0 Å². The molecule has 0 saturated carbocycles. The van der Waals surface area contributed by atoms with Gasteiger partial charge in [0.1, 0.15) is 0 Å². The van der Waals surface area contributed by atoms with Gasteiger partial charge in [-0.1, -0.05) is 58.4 Å². The van der Waals surface area contributed by atoms with Gasteiger partial charge in [-0.15, -0.1) is 0 Å². The summed E-state index contributed by atoms with van der Waals surface area (Å²) in [7, 11) is 0. The van der Waals surface area contributed by atoms with E-state index in [0.29, 0.717) is 5.56 Å². The highest BCUT2D eigenvalue weighted by Gasteiger charge is 2.30. The maximum atomic E-state index is 13.0. The van der Waals surface area contributed by atoms with E-state index in [1.54, 1.807) is 0 Å². The molecule has 1 aliphatic heterocycles. The van der Waals surface area contributed by atoms with E-state index in [0.717, 1.165) is 42.4 Å². The number of piperidine rings is 1. The third-order valence-electron chi connectivity index (χ3n) is 4.51. The highest BCUT2D eigenvalue weighted by Crippen LogP contribution is 2.23. The molecule has 26 heavy (non-hydrogen) atoms. The number of nitrogens with zero attached hydrogens (tertiary/aromatic N) is 1. The van der Waals surface area contributed by atoms with E-state index in [1.165, 1.54) is 0 Å². The number of carbonyl (C=O) groups is 2. The average molecular weight is 416 g/mol. The van der Waals surface area contributed by atoms with Crippen molar-refractivity contribution >= 4 is 27.8 Å². The van der Waals surface area contributed by atoms with E-state index in [1.807, 2.05) is 59.5 Å². The summed E-state index contributed by atoms with van der Waals surface area (Å²) >= 11 is 3.38. The minimum atomic E-state index is -0.878. The molecule has 1 atom stereocenters. The number of rotatable bonds is 5. The first kappa shape index (κ1) is 18.6. The van der Waals surface area contributed by atoms with Gasteiger partial charge >= 0.3 is 5.97 Å². The topological polar surface area (TPSA) is 46.6 Å². The first-order valence-electron chi connectivity index (χ1n) is 8.91. The van der Waals surface area contributed by atoms with Gasteiger partial charge in [-0.2, -0.15) is 0 Å². The summed E-state index contributed by atoms with van der Waals surface area (Å²) in [4.78, 5) is 27.3. The molecule has 1 aliphatic rings. The van der Waals surface area contributed by atoms with Crippen molar-refractivity contribution in [2.75, 3.05) is 13.1 Å². The van der Waals surface area contributed by atoms with Gasteiger partial charge in [0.15, 0.2) is 0 Å². The van der Waals surface area contributed by atoms with Crippen LogP contribution in [0.3, 0.4) is 0 Å². The number of likely N-dealkylation sites (tertiary alicyclic amines) is 1. The highest BCUT2D eigenvalue weighted by atomic mass is 79.9.